The lowest BCUT2D eigenvalue weighted by Crippen LogP contribution is -2.30. The molecule has 2 aliphatic rings. The number of nitrogens with one attached hydrogen (secondary N) is 1. The second-order valence-corrected chi connectivity index (χ2v) is 8.36. The van der Waals surface area contributed by atoms with E-state index in [9.17, 15) is 9.59 Å². The Balaban J connectivity index is 1.21. The highest BCUT2D eigenvalue weighted by Crippen LogP contribution is 2.35. The van der Waals surface area contributed by atoms with Crippen LogP contribution < -0.4 is 20.3 Å². The fourth-order valence-corrected chi connectivity index (χ4v) is 4.81. The third kappa shape index (κ3) is 4.02. The number of benzene rings is 1. The monoisotopic (exact) mass is 440 g/mol. The van der Waals surface area contributed by atoms with Crippen molar-refractivity contribution in [2.75, 3.05) is 19.0 Å². The van der Waals surface area contributed by atoms with Gasteiger partial charge in [0.05, 0.1) is 12.6 Å². The van der Waals surface area contributed by atoms with E-state index in [1.807, 2.05) is 18.2 Å². The second-order valence-electron chi connectivity index (χ2n) is 7.37. The van der Waals surface area contributed by atoms with Crippen LogP contribution in [0, 0.1) is 6.92 Å². The summed E-state index contributed by atoms with van der Waals surface area (Å²) in [5, 5.41) is 7.56. The van der Waals surface area contributed by atoms with E-state index in [-0.39, 0.29) is 30.5 Å². The number of carbonyl (C=O) groups is 1. The maximum Gasteiger partial charge on any atom is 0.254 e. The highest BCUT2D eigenvalue weighted by molar-refractivity contribution is 7.99. The van der Waals surface area contributed by atoms with Crippen LogP contribution in [0.15, 0.2) is 44.8 Å². The molecule has 1 atom stereocenters. The van der Waals surface area contributed by atoms with Gasteiger partial charge < -0.3 is 19.3 Å². The van der Waals surface area contributed by atoms with Gasteiger partial charge in [0, 0.05) is 35.6 Å². The molecule has 1 N–H and O–H groups in total. The summed E-state index contributed by atoms with van der Waals surface area (Å²) >= 11 is 1.50. The molecule has 0 radical (unpaired) electrons. The number of aromatic nitrogens is 3. The average Bonchev–Trinajstić information content (AvgIpc) is 3.39. The summed E-state index contributed by atoms with van der Waals surface area (Å²) in [6.07, 6.45) is 0.206. The Hall–Kier alpha value is -3.27. The molecule has 1 amide bonds. The Morgan fingerprint density at radius 3 is 2.94 bits per heavy atom. The molecule has 1 unspecified atom stereocenters. The molecular formula is C21H20N4O5S. The molecule has 0 saturated heterocycles. The third-order valence-electron chi connectivity index (χ3n) is 5.09. The van der Waals surface area contributed by atoms with Gasteiger partial charge in [-0.05, 0) is 25.1 Å². The molecule has 0 saturated carbocycles. The average molecular weight is 440 g/mol. The van der Waals surface area contributed by atoms with Crippen LogP contribution in [0.4, 0.5) is 0 Å². The van der Waals surface area contributed by atoms with Crippen LogP contribution in [0.3, 0.4) is 0 Å². The topological polar surface area (TPSA) is 108 Å². The van der Waals surface area contributed by atoms with Crippen molar-refractivity contribution < 1.29 is 18.8 Å². The first kappa shape index (κ1) is 19.7. The van der Waals surface area contributed by atoms with Gasteiger partial charge in [0.25, 0.3) is 5.56 Å². The second kappa shape index (κ2) is 8.10. The van der Waals surface area contributed by atoms with E-state index in [2.05, 4.69) is 15.5 Å². The van der Waals surface area contributed by atoms with Crippen molar-refractivity contribution in [2.24, 2.45) is 0 Å². The Labute approximate surface area is 181 Å². The summed E-state index contributed by atoms with van der Waals surface area (Å²) in [7, 11) is 0. The normalized spacial score (nSPS) is 16.7. The van der Waals surface area contributed by atoms with Gasteiger partial charge in [0.2, 0.25) is 5.91 Å². The SMILES string of the molecule is Cc1cc(=O)n2c(n1)SCC2CC(=O)NCc1cc(-c2ccc3c(c2)OCCO3)on1. The predicted molar refractivity (Wildman–Crippen MR) is 112 cm³/mol. The lowest BCUT2D eigenvalue weighted by molar-refractivity contribution is -0.121. The summed E-state index contributed by atoms with van der Waals surface area (Å²) in [5.41, 5.74) is 1.99. The van der Waals surface area contributed by atoms with Crippen molar-refractivity contribution in [1.29, 1.82) is 0 Å². The Kier molecular flexibility index (Phi) is 5.14. The number of carbonyl (C=O) groups excluding carboxylic acids is 1. The molecule has 0 spiro atoms. The first-order chi connectivity index (χ1) is 15.1. The predicted octanol–water partition coefficient (Wildman–Crippen LogP) is 2.33. The highest BCUT2D eigenvalue weighted by atomic mass is 32.2. The highest BCUT2D eigenvalue weighted by Gasteiger charge is 2.27. The maximum absolute atomic E-state index is 12.5. The van der Waals surface area contributed by atoms with E-state index in [0.717, 1.165) is 5.56 Å². The first-order valence-electron chi connectivity index (χ1n) is 9.92. The zero-order chi connectivity index (χ0) is 21.4. The lowest BCUT2D eigenvalue weighted by atomic mass is 10.1. The number of hydrogen-bond acceptors (Lipinski definition) is 8. The molecule has 9 nitrogen and oxygen atoms in total. The van der Waals surface area contributed by atoms with E-state index in [1.54, 1.807) is 17.6 Å². The minimum absolute atomic E-state index is 0.120. The van der Waals surface area contributed by atoms with E-state index >= 15 is 0 Å². The van der Waals surface area contributed by atoms with Gasteiger partial charge in [-0.25, -0.2) is 4.98 Å². The minimum Gasteiger partial charge on any atom is -0.486 e. The van der Waals surface area contributed by atoms with E-state index in [1.165, 1.54) is 17.8 Å². The Morgan fingerprint density at radius 2 is 2.06 bits per heavy atom. The standard InChI is InChI=1S/C21H20N4O5S/c1-12-6-20(27)25-15(11-31-21(25)23-12)9-19(26)22-10-14-8-17(30-24-14)13-2-3-16-18(7-13)29-5-4-28-16/h2-3,6-8,15H,4-5,9-11H2,1H3,(H,22,26). The fraction of sp³-hybridized carbons (Fsp3) is 0.333. The van der Waals surface area contributed by atoms with Crippen molar-refractivity contribution in [2.45, 2.75) is 31.1 Å². The number of nitrogens with zero attached hydrogens (tertiary/aromatic N) is 3. The molecule has 0 bridgehead atoms. The van der Waals surface area contributed by atoms with Gasteiger partial charge in [-0.1, -0.05) is 16.9 Å². The molecule has 31 heavy (non-hydrogen) atoms. The van der Waals surface area contributed by atoms with Crippen molar-refractivity contribution >= 4 is 17.7 Å². The molecule has 1 aromatic carbocycles. The molecule has 160 valence electrons. The number of fused-ring (bicyclic) bond motifs is 2. The first-order valence-corrected chi connectivity index (χ1v) is 10.9. The number of ether oxygens (including phenoxy) is 2. The van der Waals surface area contributed by atoms with Gasteiger partial charge in [-0.3, -0.25) is 14.2 Å². The number of hydrogen-bond donors (Lipinski definition) is 1. The summed E-state index contributed by atoms with van der Waals surface area (Å²) < 4.78 is 18.2. The van der Waals surface area contributed by atoms with Gasteiger partial charge in [0.1, 0.15) is 18.9 Å². The van der Waals surface area contributed by atoms with E-state index in [0.29, 0.717) is 52.8 Å². The zero-order valence-corrected chi connectivity index (χ0v) is 17.6. The zero-order valence-electron chi connectivity index (χ0n) is 16.8. The maximum atomic E-state index is 12.5. The van der Waals surface area contributed by atoms with Crippen LogP contribution in [0.1, 0.15) is 23.9 Å². The van der Waals surface area contributed by atoms with Crippen LogP contribution in [-0.2, 0) is 11.3 Å². The van der Waals surface area contributed by atoms with Crippen molar-refractivity contribution in [1.82, 2.24) is 20.0 Å². The number of rotatable bonds is 5. The molecule has 2 aliphatic heterocycles. The van der Waals surface area contributed by atoms with Gasteiger partial charge in [-0.15, -0.1) is 0 Å². The quantitative estimate of drug-likeness (QED) is 0.602. The fourth-order valence-electron chi connectivity index (χ4n) is 3.62. The van der Waals surface area contributed by atoms with Crippen LogP contribution >= 0.6 is 11.8 Å². The number of thioether (sulfide) groups is 1. The number of aryl methyl sites for hydroxylation is 1. The van der Waals surface area contributed by atoms with Crippen molar-refractivity contribution in [3.63, 3.8) is 0 Å². The summed E-state index contributed by atoms with van der Waals surface area (Å²) in [5.74, 6) is 2.45. The molecule has 0 fully saturated rings. The molecular weight excluding hydrogens is 420 g/mol. The molecule has 10 heteroatoms. The van der Waals surface area contributed by atoms with Crippen LogP contribution in [-0.4, -0.2) is 39.6 Å². The van der Waals surface area contributed by atoms with Crippen LogP contribution in [0.5, 0.6) is 11.5 Å². The molecule has 3 aromatic rings. The van der Waals surface area contributed by atoms with Gasteiger partial charge in [-0.2, -0.15) is 0 Å². The van der Waals surface area contributed by atoms with Crippen molar-refractivity contribution in [3.05, 3.63) is 52.1 Å². The third-order valence-corrected chi connectivity index (χ3v) is 6.19. The van der Waals surface area contributed by atoms with Gasteiger partial charge >= 0.3 is 0 Å². The molecule has 2 aromatic heterocycles. The smallest absolute Gasteiger partial charge is 0.254 e. The van der Waals surface area contributed by atoms with Crippen LogP contribution in [0.25, 0.3) is 11.3 Å². The number of amides is 1. The molecule has 5 rings (SSSR count). The molecule has 4 heterocycles. The van der Waals surface area contributed by atoms with Crippen molar-refractivity contribution in [3.8, 4) is 22.8 Å². The Bertz CT molecular complexity index is 1200. The summed E-state index contributed by atoms with van der Waals surface area (Å²) in [6.45, 7) is 3.07. The lowest BCUT2D eigenvalue weighted by Gasteiger charge is -2.18. The Morgan fingerprint density at radius 1 is 1.23 bits per heavy atom. The molecule has 0 aliphatic carbocycles. The summed E-state index contributed by atoms with van der Waals surface area (Å²) in [6, 6.07) is 8.63. The van der Waals surface area contributed by atoms with Crippen LogP contribution in [0.2, 0.25) is 0 Å². The van der Waals surface area contributed by atoms with E-state index < -0.39 is 0 Å². The summed E-state index contributed by atoms with van der Waals surface area (Å²) in [4.78, 5) is 29.1. The van der Waals surface area contributed by atoms with E-state index in [4.69, 9.17) is 14.0 Å². The largest absolute Gasteiger partial charge is 0.486 e. The minimum atomic E-state index is -0.203. The van der Waals surface area contributed by atoms with Gasteiger partial charge in [0.15, 0.2) is 22.4 Å².